The third-order valence-electron chi connectivity index (χ3n) is 2.29. The van der Waals surface area contributed by atoms with E-state index in [1.54, 1.807) is 13.0 Å². The van der Waals surface area contributed by atoms with Gasteiger partial charge in [-0.25, -0.2) is 0 Å². The number of aryl methyl sites for hydroxylation is 1. The Kier molecular flexibility index (Phi) is 4.12. The molecule has 3 nitrogen and oxygen atoms in total. The minimum atomic E-state index is -4.07. The summed E-state index contributed by atoms with van der Waals surface area (Å²) in [5, 5.41) is 0. The Hall–Kier alpha value is -0.580. The van der Waals surface area contributed by atoms with Gasteiger partial charge in [0.2, 0.25) is 0 Å². The monoisotopic (exact) mass is 236 g/mol. The van der Waals surface area contributed by atoms with E-state index in [-0.39, 0.29) is 17.3 Å². The predicted octanol–water partition coefficient (Wildman–Crippen LogP) is 2.28. The maximum Gasteiger partial charge on any atom is 0.294 e. The fourth-order valence-electron chi connectivity index (χ4n) is 1.21. The molecule has 5 heteroatoms. The summed E-state index contributed by atoms with van der Waals surface area (Å²) < 4.78 is 30.6. The molecule has 0 heterocycles. The summed E-state index contributed by atoms with van der Waals surface area (Å²) in [4.78, 5) is -0.00407. The molecule has 1 aromatic rings. The molecule has 0 radical (unpaired) electrons. The van der Waals surface area contributed by atoms with Gasteiger partial charge < -0.3 is 0 Å². The van der Waals surface area contributed by atoms with Crippen molar-refractivity contribution in [3.63, 3.8) is 0 Å². The highest BCUT2D eigenvalue weighted by Gasteiger charge is 2.14. The highest BCUT2D eigenvalue weighted by atomic mass is 35.5. The van der Waals surface area contributed by atoms with E-state index in [4.69, 9.17) is 4.55 Å². The van der Waals surface area contributed by atoms with Gasteiger partial charge in [-0.05, 0) is 43.5 Å². The molecule has 1 aromatic carbocycles. The number of halogens is 1. The van der Waals surface area contributed by atoms with Crippen LogP contribution < -0.4 is 0 Å². The lowest BCUT2D eigenvalue weighted by Gasteiger charge is -2.07. The normalized spacial score (nSPS) is 10.9. The summed E-state index contributed by atoms with van der Waals surface area (Å²) in [6.45, 7) is 5.42. The van der Waals surface area contributed by atoms with Crippen LogP contribution in [0.2, 0.25) is 0 Å². The molecule has 0 spiro atoms. The van der Waals surface area contributed by atoms with Crippen LogP contribution in [-0.4, -0.2) is 13.0 Å². The van der Waals surface area contributed by atoms with Gasteiger partial charge in [0, 0.05) is 0 Å². The second-order valence-corrected chi connectivity index (χ2v) is 4.50. The molecule has 0 saturated heterocycles. The molecular formula is C9H13ClO3S. The van der Waals surface area contributed by atoms with Crippen molar-refractivity contribution in [3.05, 3.63) is 28.8 Å². The minimum Gasteiger partial charge on any atom is -0.282 e. The van der Waals surface area contributed by atoms with Gasteiger partial charge in [0.15, 0.2) is 0 Å². The molecule has 80 valence electrons. The molecule has 0 fully saturated rings. The van der Waals surface area contributed by atoms with Gasteiger partial charge in [0.05, 0.1) is 4.90 Å². The zero-order valence-corrected chi connectivity index (χ0v) is 9.87. The summed E-state index contributed by atoms with van der Waals surface area (Å²) in [6.07, 6.45) is 0. The van der Waals surface area contributed by atoms with Gasteiger partial charge in [0.25, 0.3) is 10.1 Å². The number of hydrogen-bond acceptors (Lipinski definition) is 2. The van der Waals surface area contributed by atoms with Crippen LogP contribution in [0.1, 0.15) is 16.7 Å². The van der Waals surface area contributed by atoms with Crippen molar-refractivity contribution < 1.29 is 13.0 Å². The van der Waals surface area contributed by atoms with Gasteiger partial charge in [-0.15, -0.1) is 12.4 Å². The first kappa shape index (κ1) is 13.4. The fraction of sp³-hybridized carbons (Fsp3) is 0.333. The van der Waals surface area contributed by atoms with Crippen molar-refractivity contribution in [2.75, 3.05) is 0 Å². The summed E-state index contributed by atoms with van der Waals surface area (Å²) >= 11 is 0. The highest BCUT2D eigenvalue weighted by molar-refractivity contribution is 7.85. The topological polar surface area (TPSA) is 54.4 Å². The molecule has 0 unspecified atom stereocenters. The molecular weight excluding hydrogens is 224 g/mol. The quantitative estimate of drug-likeness (QED) is 0.762. The van der Waals surface area contributed by atoms with Crippen LogP contribution in [-0.2, 0) is 10.1 Å². The van der Waals surface area contributed by atoms with Gasteiger partial charge in [0.1, 0.15) is 0 Å². The first-order valence-corrected chi connectivity index (χ1v) is 5.32. The van der Waals surface area contributed by atoms with E-state index in [0.717, 1.165) is 11.1 Å². The molecule has 0 saturated carbocycles. The van der Waals surface area contributed by atoms with Crippen LogP contribution >= 0.6 is 12.4 Å². The highest BCUT2D eigenvalue weighted by Crippen LogP contribution is 2.20. The summed E-state index contributed by atoms with van der Waals surface area (Å²) in [5.74, 6) is 0. The van der Waals surface area contributed by atoms with E-state index < -0.39 is 10.1 Å². The van der Waals surface area contributed by atoms with Crippen LogP contribution in [0.3, 0.4) is 0 Å². The third kappa shape index (κ3) is 2.47. The van der Waals surface area contributed by atoms with E-state index >= 15 is 0 Å². The average molecular weight is 237 g/mol. The van der Waals surface area contributed by atoms with Crippen molar-refractivity contribution in [3.8, 4) is 0 Å². The molecule has 0 aliphatic heterocycles. The average Bonchev–Trinajstić information content (AvgIpc) is 1.98. The lowest BCUT2D eigenvalue weighted by atomic mass is 10.1. The summed E-state index contributed by atoms with van der Waals surface area (Å²) in [5.41, 5.74) is 2.53. The Morgan fingerprint density at radius 2 is 1.57 bits per heavy atom. The Balaban J connectivity index is 0.00000169. The first-order chi connectivity index (χ1) is 5.84. The Morgan fingerprint density at radius 3 is 2.00 bits per heavy atom. The van der Waals surface area contributed by atoms with Crippen LogP contribution in [0.4, 0.5) is 0 Å². The zero-order valence-electron chi connectivity index (χ0n) is 8.23. The lowest BCUT2D eigenvalue weighted by molar-refractivity contribution is 0.482. The van der Waals surface area contributed by atoms with Gasteiger partial charge in [-0.3, -0.25) is 4.55 Å². The molecule has 0 aromatic heterocycles. The van der Waals surface area contributed by atoms with Gasteiger partial charge in [-0.1, -0.05) is 6.07 Å². The van der Waals surface area contributed by atoms with E-state index in [2.05, 4.69) is 0 Å². The Labute approximate surface area is 90.3 Å². The maximum absolute atomic E-state index is 10.9. The Morgan fingerprint density at radius 1 is 1.07 bits per heavy atom. The van der Waals surface area contributed by atoms with Crippen LogP contribution in [0.15, 0.2) is 17.0 Å². The van der Waals surface area contributed by atoms with Crippen LogP contribution in [0.25, 0.3) is 0 Å². The largest absolute Gasteiger partial charge is 0.294 e. The predicted molar refractivity (Wildman–Crippen MR) is 57.7 cm³/mol. The SMILES string of the molecule is Cc1ccc(S(=O)(=O)O)c(C)c1C.Cl. The molecule has 1 rings (SSSR count). The Bertz CT molecular complexity index is 438. The molecule has 1 N–H and O–H groups in total. The fourth-order valence-corrected chi connectivity index (χ4v) is 1.99. The lowest BCUT2D eigenvalue weighted by Crippen LogP contribution is -2.02. The van der Waals surface area contributed by atoms with Crippen LogP contribution in [0.5, 0.6) is 0 Å². The second kappa shape index (κ2) is 4.29. The maximum atomic E-state index is 10.9. The van der Waals surface area contributed by atoms with Crippen molar-refractivity contribution in [1.29, 1.82) is 0 Å². The third-order valence-corrected chi connectivity index (χ3v) is 3.28. The van der Waals surface area contributed by atoms with Crippen molar-refractivity contribution >= 4 is 22.5 Å². The van der Waals surface area contributed by atoms with Crippen molar-refractivity contribution in [1.82, 2.24) is 0 Å². The minimum absolute atomic E-state index is 0. The van der Waals surface area contributed by atoms with Gasteiger partial charge >= 0.3 is 0 Å². The molecule has 0 atom stereocenters. The summed E-state index contributed by atoms with van der Waals surface area (Å²) in [6, 6.07) is 3.11. The number of hydrogen-bond donors (Lipinski definition) is 1. The van der Waals surface area contributed by atoms with E-state index in [0.29, 0.717) is 5.56 Å². The van der Waals surface area contributed by atoms with E-state index in [1.807, 2.05) is 13.8 Å². The van der Waals surface area contributed by atoms with E-state index in [9.17, 15) is 8.42 Å². The molecule has 0 bridgehead atoms. The second-order valence-electron chi connectivity index (χ2n) is 3.11. The van der Waals surface area contributed by atoms with Crippen molar-refractivity contribution in [2.45, 2.75) is 25.7 Å². The van der Waals surface area contributed by atoms with Gasteiger partial charge in [-0.2, -0.15) is 8.42 Å². The summed E-state index contributed by atoms with van der Waals surface area (Å²) in [7, 11) is -4.07. The standard InChI is InChI=1S/C9H12O3S.ClH/c1-6-4-5-9(13(10,11)12)8(3)7(6)2;/h4-5H,1-3H3,(H,10,11,12);1H. The molecule has 0 aliphatic rings. The smallest absolute Gasteiger partial charge is 0.282 e. The molecule has 0 amide bonds. The first-order valence-electron chi connectivity index (χ1n) is 3.88. The van der Waals surface area contributed by atoms with Crippen LogP contribution in [0, 0.1) is 20.8 Å². The number of benzene rings is 1. The number of rotatable bonds is 1. The van der Waals surface area contributed by atoms with E-state index in [1.165, 1.54) is 6.07 Å². The molecule has 14 heavy (non-hydrogen) atoms. The molecule has 0 aliphatic carbocycles. The zero-order chi connectivity index (χ0) is 10.2. The van der Waals surface area contributed by atoms with Crippen molar-refractivity contribution in [2.24, 2.45) is 0 Å².